The predicted molar refractivity (Wildman–Crippen MR) is 169 cm³/mol. The summed E-state index contributed by atoms with van der Waals surface area (Å²) < 4.78 is 5.91. The Balaban J connectivity index is 1.15. The molecule has 1 aliphatic rings. The molecule has 0 atom stereocenters. The number of hydrogen-bond acceptors (Lipinski definition) is 9. The molecule has 224 valence electrons. The van der Waals surface area contributed by atoms with Crippen molar-refractivity contribution in [1.29, 1.82) is 5.41 Å². The summed E-state index contributed by atoms with van der Waals surface area (Å²) >= 11 is 0. The molecule has 0 saturated heterocycles. The van der Waals surface area contributed by atoms with Gasteiger partial charge in [0.15, 0.2) is 11.5 Å². The molecule has 1 saturated carbocycles. The Bertz CT molecular complexity index is 1610. The van der Waals surface area contributed by atoms with Crippen molar-refractivity contribution in [3.63, 3.8) is 0 Å². The van der Waals surface area contributed by atoms with Crippen LogP contribution in [0.15, 0.2) is 60.4 Å². The van der Waals surface area contributed by atoms with Gasteiger partial charge in [-0.05, 0) is 56.9 Å². The summed E-state index contributed by atoms with van der Waals surface area (Å²) in [6, 6.07) is 14.9. The van der Waals surface area contributed by atoms with E-state index in [4.69, 9.17) is 15.1 Å². The molecular weight excluding hydrogens is 544 g/mol. The first kappa shape index (κ1) is 29.6. The number of carbonyl (C=O) groups is 1. The van der Waals surface area contributed by atoms with Crippen molar-refractivity contribution in [1.82, 2.24) is 25.3 Å². The van der Waals surface area contributed by atoms with Gasteiger partial charge in [0.05, 0.1) is 12.9 Å². The molecule has 0 spiro atoms. The van der Waals surface area contributed by atoms with Gasteiger partial charge in [-0.1, -0.05) is 49.6 Å². The van der Waals surface area contributed by atoms with E-state index in [1.807, 2.05) is 31.2 Å². The van der Waals surface area contributed by atoms with E-state index in [0.29, 0.717) is 48.5 Å². The van der Waals surface area contributed by atoms with Crippen LogP contribution < -0.4 is 20.7 Å². The number of aromatic nitrogens is 4. The molecule has 0 unspecified atom stereocenters. The fourth-order valence-corrected chi connectivity index (χ4v) is 5.17. The lowest BCUT2D eigenvalue weighted by Gasteiger charge is -2.23. The first-order chi connectivity index (χ1) is 20.9. The van der Waals surface area contributed by atoms with Gasteiger partial charge in [0.2, 0.25) is 5.95 Å². The van der Waals surface area contributed by atoms with Crippen LogP contribution in [0.3, 0.4) is 0 Å². The number of ether oxygens (including phenoxy) is 1. The highest BCUT2D eigenvalue weighted by atomic mass is 16.5. The predicted octanol–water partition coefficient (Wildman–Crippen LogP) is 6.04. The van der Waals surface area contributed by atoms with Crippen LogP contribution in [0, 0.1) is 12.3 Å². The summed E-state index contributed by atoms with van der Waals surface area (Å²) in [7, 11) is 0. The number of anilines is 3. The van der Waals surface area contributed by atoms with E-state index in [2.05, 4.69) is 30.9 Å². The van der Waals surface area contributed by atoms with Gasteiger partial charge >= 0.3 is 0 Å². The number of aliphatic hydroxyl groups is 1. The van der Waals surface area contributed by atoms with Gasteiger partial charge in [-0.25, -0.2) is 4.98 Å². The topological polar surface area (TPSA) is 161 Å². The van der Waals surface area contributed by atoms with Gasteiger partial charge in [-0.3, -0.25) is 4.79 Å². The number of H-pyrrole nitrogens is 1. The van der Waals surface area contributed by atoms with E-state index in [0.717, 1.165) is 35.4 Å². The number of hydrogen-bond donors (Lipinski definition) is 6. The van der Waals surface area contributed by atoms with Gasteiger partial charge in [0, 0.05) is 29.5 Å². The number of aryl methyl sites for hydroxylation is 1. The van der Waals surface area contributed by atoms with Crippen LogP contribution in [-0.2, 0) is 4.79 Å². The van der Waals surface area contributed by atoms with Crippen LogP contribution in [0.25, 0.3) is 16.9 Å². The van der Waals surface area contributed by atoms with E-state index in [-0.39, 0.29) is 17.0 Å². The fraction of sp³-hybridized carbons (Fsp3) is 0.344. The minimum absolute atomic E-state index is 0.00864. The molecule has 1 fully saturated rings. The van der Waals surface area contributed by atoms with E-state index < -0.39 is 5.91 Å². The Hall–Kier alpha value is -4.93. The number of aliphatic hydroxyl groups excluding tert-OH is 1. The maximum absolute atomic E-state index is 12.7. The summed E-state index contributed by atoms with van der Waals surface area (Å²) in [6.07, 6.45) is 8.19. The quantitative estimate of drug-likeness (QED) is 0.0510. The Labute approximate surface area is 250 Å². The molecule has 0 bridgehead atoms. The van der Waals surface area contributed by atoms with Gasteiger partial charge in [-0.15, -0.1) is 0 Å². The zero-order chi connectivity index (χ0) is 30.2. The number of aromatic amines is 1. The zero-order valence-corrected chi connectivity index (χ0v) is 24.5. The zero-order valence-electron chi connectivity index (χ0n) is 24.5. The van der Waals surface area contributed by atoms with Gasteiger partial charge in [-0.2, -0.15) is 9.97 Å². The largest absolute Gasteiger partial charge is 0.506 e. The monoisotopic (exact) mass is 582 g/mol. The highest BCUT2D eigenvalue weighted by molar-refractivity contribution is 6.23. The van der Waals surface area contributed by atoms with Crippen molar-refractivity contribution in [2.45, 2.75) is 58.4 Å². The molecule has 11 nitrogen and oxygen atoms in total. The van der Waals surface area contributed by atoms with Crippen LogP contribution >= 0.6 is 0 Å². The molecule has 4 aromatic rings. The number of nitrogens with one attached hydrogen (secondary N) is 5. The summed E-state index contributed by atoms with van der Waals surface area (Å²) in [5, 5.41) is 28.2. The van der Waals surface area contributed by atoms with Gasteiger partial charge in [0.25, 0.3) is 5.91 Å². The number of benzene rings is 2. The molecule has 1 aliphatic carbocycles. The first-order valence-corrected chi connectivity index (χ1v) is 14.7. The van der Waals surface area contributed by atoms with Crippen LogP contribution in [0.4, 0.5) is 17.5 Å². The Kier molecular flexibility index (Phi) is 9.50. The molecular formula is C32H38N8O3. The number of rotatable bonds is 12. The Morgan fingerprint density at radius 1 is 1.12 bits per heavy atom. The molecule has 0 radical (unpaired) electrons. The van der Waals surface area contributed by atoms with Gasteiger partial charge < -0.3 is 36.2 Å². The smallest absolute Gasteiger partial charge is 0.256 e. The maximum atomic E-state index is 12.7. The number of fused-ring (bicyclic) bond motifs is 1. The van der Waals surface area contributed by atoms with E-state index in [9.17, 15) is 9.90 Å². The minimum atomic E-state index is -0.493. The SMILES string of the molecule is CC(=N)/C(C(=O)NCCCOc1ccc(Nc2nc(NC3CCCCC3)c3[nH]cnc3n2)c(C)c1)=C(\O)c1ccccc1. The van der Waals surface area contributed by atoms with E-state index in [1.165, 1.54) is 26.2 Å². The Morgan fingerprint density at radius 2 is 1.91 bits per heavy atom. The summed E-state index contributed by atoms with van der Waals surface area (Å²) in [4.78, 5) is 29.6. The fourth-order valence-electron chi connectivity index (χ4n) is 5.17. The lowest BCUT2D eigenvalue weighted by Crippen LogP contribution is -2.30. The van der Waals surface area contributed by atoms with Crippen molar-refractivity contribution in [2.75, 3.05) is 23.8 Å². The molecule has 11 heteroatoms. The number of nitrogens with zero attached hydrogens (tertiary/aromatic N) is 3. The van der Waals surface area contributed by atoms with Crippen molar-refractivity contribution < 1.29 is 14.6 Å². The van der Waals surface area contributed by atoms with E-state index >= 15 is 0 Å². The van der Waals surface area contributed by atoms with Crippen LogP contribution in [0.2, 0.25) is 0 Å². The van der Waals surface area contributed by atoms with Crippen LogP contribution in [0.1, 0.15) is 56.6 Å². The second-order valence-corrected chi connectivity index (χ2v) is 10.8. The minimum Gasteiger partial charge on any atom is -0.506 e. The van der Waals surface area contributed by atoms with Crippen molar-refractivity contribution in [3.8, 4) is 5.75 Å². The molecule has 0 aliphatic heterocycles. The normalized spacial score (nSPS) is 14.2. The molecule has 2 aromatic carbocycles. The Morgan fingerprint density at radius 3 is 2.65 bits per heavy atom. The van der Waals surface area contributed by atoms with E-state index in [1.54, 1.807) is 30.6 Å². The summed E-state index contributed by atoms with van der Waals surface area (Å²) in [5.74, 6) is 1.23. The number of carbonyl (C=O) groups excluding carboxylic acids is 1. The first-order valence-electron chi connectivity index (χ1n) is 14.7. The molecule has 2 heterocycles. The third-order valence-electron chi connectivity index (χ3n) is 7.44. The van der Waals surface area contributed by atoms with Crippen molar-refractivity contribution in [3.05, 3.63) is 71.6 Å². The third-order valence-corrected chi connectivity index (χ3v) is 7.44. The second-order valence-electron chi connectivity index (χ2n) is 10.8. The molecule has 5 rings (SSSR count). The lowest BCUT2D eigenvalue weighted by atomic mass is 9.95. The number of imidazole rings is 1. The summed E-state index contributed by atoms with van der Waals surface area (Å²) in [5.41, 5.74) is 3.67. The second kappa shape index (κ2) is 13.8. The maximum Gasteiger partial charge on any atom is 0.256 e. The molecule has 43 heavy (non-hydrogen) atoms. The highest BCUT2D eigenvalue weighted by Gasteiger charge is 2.19. The third kappa shape index (κ3) is 7.48. The highest BCUT2D eigenvalue weighted by Crippen LogP contribution is 2.28. The molecule has 1 amide bonds. The average Bonchev–Trinajstić information content (AvgIpc) is 3.48. The van der Waals surface area contributed by atoms with Crippen molar-refractivity contribution >= 4 is 46.0 Å². The lowest BCUT2D eigenvalue weighted by molar-refractivity contribution is -0.117. The standard InChI is InChI=1S/C32H38N8O3/c1-20-18-24(43-17-9-16-34-31(42)26(21(2)33)28(41)22-10-5-3-6-11-22)14-15-25(20)38-32-39-29-27(35-19-36-29)30(40-32)37-23-12-7-4-8-13-23/h3,5-6,10-11,14-15,18-19,23,33,41H,4,7-9,12-13,16-17H2,1-2H3,(H,34,42)(H3,35,36,37,38,39,40)/b28-26+,33-21?. The van der Waals surface area contributed by atoms with Gasteiger partial charge in [0.1, 0.15) is 22.6 Å². The average molecular weight is 583 g/mol. The van der Waals surface area contributed by atoms with Crippen LogP contribution in [0.5, 0.6) is 5.75 Å². The van der Waals surface area contributed by atoms with Crippen LogP contribution in [-0.4, -0.2) is 55.9 Å². The summed E-state index contributed by atoms with van der Waals surface area (Å²) in [6.45, 7) is 4.18. The van der Waals surface area contributed by atoms with Crippen molar-refractivity contribution in [2.24, 2.45) is 0 Å². The number of amides is 1. The molecule has 2 aromatic heterocycles. The molecule has 6 N–H and O–H groups in total.